The van der Waals surface area contributed by atoms with Crippen LogP contribution in [0, 0.1) is 0 Å². The minimum absolute atomic E-state index is 0.145. The Morgan fingerprint density at radius 1 is 1.32 bits per heavy atom. The Kier molecular flexibility index (Phi) is 4.02. The van der Waals surface area contributed by atoms with Crippen LogP contribution in [-0.2, 0) is 17.2 Å². The second-order valence-corrected chi connectivity index (χ2v) is 8.08. The van der Waals surface area contributed by atoms with Gasteiger partial charge in [0.25, 0.3) is 5.56 Å². The number of aryl methyl sites for hydroxylation is 1. The van der Waals surface area contributed by atoms with E-state index in [-0.39, 0.29) is 11.7 Å². The molecular formula is C17H21ClN4O3. The summed E-state index contributed by atoms with van der Waals surface area (Å²) in [6, 6.07) is 1.74. The molecule has 8 heteroatoms. The van der Waals surface area contributed by atoms with Crippen molar-refractivity contribution in [1.82, 2.24) is 19.4 Å². The third kappa shape index (κ3) is 3.08. The summed E-state index contributed by atoms with van der Waals surface area (Å²) in [5, 5.41) is 0.923. The van der Waals surface area contributed by atoms with Gasteiger partial charge in [-0.15, -0.1) is 0 Å². The van der Waals surface area contributed by atoms with E-state index in [0.717, 1.165) is 0 Å². The van der Waals surface area contributed by atoms with Gasteiger partial charge in [0.05, 0.1) is 5.39 Å². The summed E-state index contributed by atoms with van der Waals surface area (Å²) in [7, 11) is 1.66. The van der Waals surface area contributed by atoms with E-state index in [1.807, 2.05) is 27.7 Å². The third-order valence-electron chi connectivity index (χ3n) is 4.34. The van der Waals surface area contributed by atoms with Gasteiger partial charge >= 0.3 is 6.09 Å². The Labute approximate surface area is 150 Å². The van der Waals surface area contributed by atoms with Crippen LogP contribution in [0.1, 0.15) is 33.3 Å². The number of aromatic nitrogens is 3. The zero-order chi connectivity index (χ0) is 18.6. The van der Waals surface area contributed by atoms with Gasteiger partial charge in [0.1, 0.15) is 22.7 Å². The van der Waals surface area contributed by atoms with Crippen LogP contribution in [0.4, 0.5) is 4.79 Å². The zero-order valence-corrected chi connectivity index (χ0v) is 15.7. The monoisotopic (exact) mass is 364 g/mol. The van der Waals surface area contributed by atoms with Crippen molar-refractivity contribution < 1.29 is 9.53 Å². The molecule has 0 saturated carbocycles. The normalized spacial score (nSPS) is 16.6. The lowest BCUT2D eigenvalue weighted by Crippen LogP contribution is -2.62. The first-order valence-electron chi connectivity index (χ1n) is 8.00. The van der Waals surface area contributed by atoms with Crippen molar-refractivity contribution in [3.8, 4) is 0 Å². The Hall–Kier alpha value is -2.15. The van der Waals surface area contributed by atoms with Gasteiger partial charge in [-0.25, -0.2) is 14.8 Å². The summed E-state index contributed by atoms with van der Waals surface area (Å²) in [5.74, 6) is 0. The van der Waals surface area contributed by atoms with Gasteiger partial charge in [0.2, 0.25) is 0 Å². The van der Waals surface area contributed by atoms with Crippen molar-refractivity contribution in [2.75, 3.05) is 13.1 Å². The van der Waals surface area contributed by atoms with Crippen molar-refractivity contribution in [1.29, 1.82) is 0 Å². The molecule has 0 radical (unpaired) electrons. The Bertz CT molecular complexity index is 910. The predicted octanol–water partition coefficient (Wildman–Crippen LogP) is 2.49. The maximum atomic E-state index is 12.8. The molecule has 25 heavy (non-hydrogen) atoms. The topological polar surface area (TPSA) is 77.3 Å². The van der Waals surface area contributed by atoms with Gasteiger partial charge in [0, 0.05) is 31.1 Å². The molecule has 3 rings (SSSR count). The van der Waals surface area contributed by atoms with Crippen LogP contribution >= 0.6 is 11.6 Å². The predicted molar refractivity (Wildman–Crippen MR) is 94.9 cm³/mol. The Balaban J connectivity index is 1.93. The highest BCUT2D eigenvalue weighted by Crippen LogP contribution is 2.35. The number of hydrogen-bond donors (Lipinski definition) is 0. The second-order valence-electron chi connectivity index (χ2n) is 7.72. The van der Waals surface area contributed by atoms with Crippen molar-refractivity contribution in [3.05, 3.63) is 33.5 Å². The lowest BCUT2D eigenvalue weighted by molar-refractivity contribution is -0.00676. The highest BCUT2D eigenvalue weighted by Gasteiger charge is 2.46. The summed E-state index contributed by atoms with van der Waals surface area (Å²) in [6.45, 7) is 8.25. The zero-order valence-electron chi connectivity index (χ0n) is 15.0. The molecule has 0 aliphatic carbocycles. The molecule has 0 aromatic carbocycles. The summed E-state index contributed by atoms with van der Waals surface area (Å²) < 4.78 is 6.85. The number of pyridine rings is 1. The number of carbonyl (C=O) groups is 1. The minimum Gasteiger partial charge on any atom is -0.444 e. The summed E-state index contributed by atoms with van der Waals surface area (Å²) in [5.41, 5.74) is -0.0696. The highest BCUT2D eigenvalue weighted by atomic mass is 35.5. The van der Waals surface area contributed by atoms with E-state index in [4.69, 9.17) is 16.3 Å². The molecule has 1 aliphatic heterocycles. The number of likely N-dealkylation sites (tertiary alicyclic amines) is 1. The smallest absolute Gasteiger partial charge is 0.410 e. The fraction of sp³-hybridized carbons (Fsp3) is 0.529. The summed E-state index contributed by atoms with van der Waals surface area (Å²) >= 11 is 6.17. The fourth-order valence-corrected chi connectivity index (χ4v) is 3.28. The summed E-state index contributed by atoms with van der Waals surface area (Å²) in [6.07, 6.45) is 0.961. The van der Waals surface area contributed by atoms with Crippen LogP contribution in [0.15, 0.2) is 17.2 Å². The fourth-order valence-electron chi connectivity index (χ4n) is 3.09. The maximum absolute atomic E-state index is 12.8. The lowest BCUT2D eigenvalue weighted by Gasteiger charge is -2.47. The SMILES string of the molecule is Cn1c(=O)c(C2(C)CN(C(=O)OC(C)(C)C)C2)cc2c(Cl)ncnc21. The number of nitrogens with zero attached hydrogens (tertiary/aromatic N) is 4. The van der Waals surface area contributed by atoms with Crippen molar-refractivity contribution in [3.63, 3.8) is 0 Å². The molecule has 0 spiro atoms. The van der Waals surface area contributed by atoms with Crippen molar-refractivity contribution in [2.45, 2.75) is 38.7 Å². The van der Waals surface area contributed by atoms with Crippen LogP contribution in [0.2, 0.25) is 5.15 Å². The molecule has 2 aromatic heterocycles. The molecule has 0 N–H and O–H groups in total. The van der Waals surface area contributed by atoms with Crippen LogP contribution in [0.25, 0.3) is 11.0 Å². The number of fused-ring (bicyclic) bond motifs is 1. The van der Waals surface area contributed by atoms with E-state index in [1.165, 1.54) is 10.9 Å². The molecule has 7 nitrogen and oxygen atoms in total. The van der Waals surface area contributed by atoms with E-state index in [0.29, 0.717) is 34.8 Å². The summed E-state index contributed by atoms with van der Waals surface area (Å²) in [4.78, 5) is 34.6. The van der Waals surface area contributed by atoms with Crippen LogP contribution in [0.3, 0.4) is 0 Å². The van der Waals surface area contributed by atoms with E-state index < -0.39 is 11.0 Å². The molecule has 1 fully saturated rings. The Morgan fingerprint density at radius 3 is 2.56 bits per heavy atom. The largest absolute Gasteiger partial charge is 0.444 e. The average molecular weight is 365 g/mol. The van der Waals surface area contributed by atoms with Crippen LogP contribution in [0.5, 0.6) is 0 Å². The van der Waals surface area contributed by atoms with Crippen molar-refractivity contribution in [2.24, 2.45) is 7.05 Å². The average Bonchev–Trinajstić information content (AvgIpc) is 2.46. The minimum atomic E-state index is -0.549. The van der Waals surface area contributed by atoms with Gasteiger partial charge in [-0.3, -0.25) is 9.36 Å². The number of halogens is 1. The highest BCUT2D eigenvalue weighted by molar-refractivity contribution is 6.33. The van der Waals surface area contributed by atoms with Gasteiger partial charge in [-0.05, 0) is 26.8 Å². The van der Waals surface area contributed by atoms with Gasteiger partial charge in [-0.1, -0.05) is 18.5 Å². The van der Waals surface area contributed by atoms with E-state index in [9.17, 15) is 9.59 Å². The quantitative estimate of drug-likeness (QED) is 0.726. The standard InChI is InChI=1S/C17H21ClN4O3/c1-16(2,3)25-15(24)22-7-17(4,8-22)11-6-10-12(18)19-9-20-13(10)21(5)14(11)23/h6,9H,7-8H2,1-5H3. The van der Waals surface area contributed by atoms with E-state index >= 15 is 0 Å². The lowest BCUT2D eigenvalue weighted by atomic mass is 9.76. The van der Waals surface area contributed by atoms with E-state index in [2.05, 4.69) is 9.97 Å². The number of carbonyl (C=O) groups excluding carboxylic acids is 1. The number of hydrogen-bond acceptors (Lipinski definition) is 5. The van der Waals surface area contributed by atoms with Gasteiger partial charge in [-0.2, -0.15) is 0 Å². The molecule has 3 heterocycles. The third-order valence-corrected chi connectivity index (χ3v) is 4.64. The molecule has 1 amide bonds. The van der Waals surface area contributed by atoms with Crippen LogP contribution < -0.4 is 5.56 Å². The molecule has 0 bridgehead atoms. The molecule has 1 saturated heterocycles. The molecule has 0 atom stereocenters. The number of ether oxygens (including phenoxy) is 1. The number of amides is 1. The molecule has 1 aliphatic rings. The second kappa shape index (κ2) is 5.69. The molecule has 134 valence electrons. The van der Waals surface area contributed by atoms with Crippen molar-refractivity contribution >= 4 is 28.7 Å². The van der Waals surface area contributed by atoms with Gasteiger partial charge < -0.3 is 9.64 Å². The van der Waals surface area contributed by atoms with Gasteiger partial charge in [0.15, 0.2) is 0 Å². The maximum Gasteiger partial charge on any atom is 0.410 e. The molecular weight excluding hydrogens is 344 g/mol. The molecule has 0 unspecified atom stereocenters. The Morgan fingerprint density at radius 2 is 1.96 bits per heavy atom. The first-order chi connectivity index (χ1) is 11.5. The molecule has 2 aromatic rings. The number of rotatable bonds is 1. The first-order valence-corrected chi connectivity index (χ1v) is 8.38. The van der Waals surface area contributed by atoms with Crippen LogP contribution in [-0.4, -0.2) is 44.2 Å². The first kappa shape index (κ1) is 17.7. The van der Waals surface area contributed by atoms with E-state index in [1.54, 1.807) is 18.0 Å².